The Morgan fingerprint density at radius 3 is 2.65 bits per heavy atom. The van der Waals surface area contributed by atoms with Crippen LogP contribution in [0.2, 0.25) is 0 Å². The smallest absolute Gasteiger partial charge is 0.409 e. The molecule has 1 aromatic heterocycles. The minimum Gasteiger partial charge on any atom is -0.477 e. The molecule has 0 N–H and O–H groups in total. The lowest BCUT2D eigenvalue weighted by molar-refractivity contribution is -0.0128. The van der Waals surface area contributed by atoms with Crippen LogP contribution in [0.3, 0.4) is 0 Å². The molecule has 1 atom stereocenters. The number of piperidine rings is 2. The van der Waals surface area contributed by atoms with Gasteiger partial charge in [-0.1, -0.05) is 6.07 Å². The number of para-hydroxylation sites is 1. The van der Waals surface area contributed by atoms with Crippen molar-refractivity contribution in [3.05, 3.63) is 35.5 Å². The van der Waals surface area contributed by atoms with Gasteiger partial charge in [0.2, 0.25) is 0 Å². The summed E-state index contributed by atoms with van der Waals surface area (Å²) in [5.74, 6) is 1.26. The van der Waals surface area contributed by atoms with Gasteiger partial charge in [-0.3, -0.25) is 0 Å². The summed E-state index contributed by atoms with van der Waals surface area (Å²) in [4.78, 5) is 21.6. The monoisotopic (exact) mass is 470 g/mol. The Kier molecular flexibility index (Phi) is 5.62. The second-order valence-corrected chi connectivity index (χ2v) is 10.5. The molecule has 3 aliphatic rings. The normalized spacial score (nSPS) is 23.2. The average molecular weight is 471 g/mol. The fourth-order valence-electron chi connectivity index (χ4n) is 5.97. The standard InChI is InChI=1S/C26H35FN4O3/c1-6-33-24(32)31-14-11-26(12-15-31)22-20(18-8-7-9-19(27)21(18)34-26)28-23(30(22)5)17-10-13-29(4)25(2,3)16-17/h7-9,17H,6,10-16H2,1-5H3. The quantitative estimate of drug-likeness (QED) is 0.639. The van der Waals surface area contributed by atoms with E-state index in [4.69, 9.17) is 14.5 Å². The maximum Gasteiger partial charge on any atom is 0.409 e. The van der Waals surface area contributed by atoms with E-state index < -0.39 is 5.60 Å². The number of aromatic nitrogens is 2. The molecule has 2 saturated heterocycles. The number of nitrogens with zero attached hydrogens (tertiary/aromatic N) is 4. The number of ether oxygens (including phenoxy) is 2. The maximum absolute atomic E-state index is 15.0. The Labute approximate surface area is 200 Å². The molecule has 0 aliphatic carbocycles. The molecule has 1 unspecified atom stereocenters. The highest BCUT2D eigenvalue weighted by atomic mass is 19.1. The van der Waals surface area contributed by atoms with Crippen molar-refractivity contribution >= 4 is 6.09 Å². The third-order valence-electron chi connectivity index (χ3n) is 8.14. The van der Waals surface area contributed by atoms with Crippen molar-refractivity contribution in [1.29, 1.82) is 0 Å². The number of hydrogen-bond acceptors (Lipinski definition) is 5. The number of carbonyl (C=O) groups is 1. The first kappa shape index (κ1) is 23.1. The Balaban J connectivity index is 1.57. The maximum atomic E-state index is 15.0. The van der Waals surface area contributed by atoms with E-state index in [1.807, 2.05) is 6.07 Å². The van der Waals surface area contributed by atoms with Crippen molar-refractivity contribution in [2.45, 2.75) is 63.5 Å². The van der Waals surface area contributed by atoms with Crippen LogP contribution in [-0.2, 0) is 17.4 Å². The van der Waals surface area contributed by atoms with Gasteiger partial charge in [0.1, 0.15) is 5.82 Å². The number of halogens is 1. The number of likely N-dealkylation sites (tertiary alicyclic amines) is 2. The topological polar surface area (TPSA) is 59.8 Å². The summed E-state index contributed by atoms with van der Waals surface area (Å²) in [6.45, 7) is 8.70. The molecule has 1 spiro atoms. The zero-order valence-corrected chi connectivity index (χ0v) is 20.9. The van der Waals surface area contributed by atoms with Crippen molar-refractivity contribution in [3.8, 4) is 17.0 Å². The minimum absolute atomic E-state index is 0.0819. The number of amides is 1. The molecule has 1 amide bonds. The van der Waals surface area contributed by atoms with Gasteiger partial charge in [-0.25, -0.2) is 14.2 Å². The van der Waals surface area contributed by atoms with Crippen LogP contribution in [0.25, 0.3) is 11.3 Å². The highest BCUT2D eigenvalue weighted by Crippen LogP contribution is 2.51. The molecule has 5 rings (SSSR count). The number of imidazole rings is 1. The summed E-state index contributed by atoms with van der Waals surface area (Å²) in [6, 6.07) is 5.05. The largest absolute Gasteiger partial charge is 0.477 e. The number of rotatable bonds is 2. The predicted molar refractivity (Wildman–Crippen MR) is 127 cm³/mol. The molecule has 0 bridgehead atoms. The highest BCUT2D eigenvalue weighted by Gasteiger charge is 2.49. The highest BCUT2D eigenvalue weighted by molar-refractivity contribution is 5.74. The summed E-state index contributed by atoms with van der Waals surface area (Å²) < 4.78 is 28.9. The zero-order valence-electron chi connectivity index (χ0n) is 20.9. The van der Waals surface area contributed by atoms with Gasteiger partial charge in [0, 0.05) is 50.0 Å². The Bertz CT molecular complexity index is 1100. The van der Waals surface area contributed by atoms with Crippen molar-refractivity contribution < 1.29 is 18.7 Å². The Morgan fingerprint density at radius 1 is 1.24 bits per heavy atom. The average Bonchev–Trinajstić information content (AvgIpc) is 3.16. The van der Waals surface area contributed by atoms with Crippen LogP contribution < -0.4 is 4.74 Å². The van der Waals surface area contributed by atoms with Crippen molar-refractivity contribution in [2.75, 3.05) is 33.3 Å². The Hall–Kier alpha value is -2.61. The van der Waals surface area contributed by atoms with E-state index in [1.54, 1.807) is 17.9 Å². The first-order valence-corrected chi connectivity index (χ1v) is 12.3. The van der Waals surface area contributed by atoms with Crippen LogP contribution in [-0.4, -0.2) is 64.3 Å². The van der Waals surface area contributed by atoms with Crippen LogP contribution in [0, 0.1) is 5.82 Å². The number of fused-ring (bicyclic) bond motifs is 4. The van der Waals surface area contributed by atoms with Crippen molar-refractivity contribution in [3.63, 3.8) is 0 Å². The number of benzene rings is 1. The third kappa shape index (κ3) is 3.58. The van der Waals surface area contributed by atoms with Gasteiger partial charge in [0.25, 0.3) is 0 Å². The molecule has 7 nitrogen and oxygen atoms in total. The SMILES string of the molecule is CCOC(=O)N1CCC2(CC1)Oc1c(F)cccc1-c1nc(C3CCN(C)C(C)(C)C3)n(C)c12. The van der Waals surface area contributed by atoms with Gasteiger partial charge in [-0.15, -0.1) is 0 Å². The van der Waals surface area contributed by atoms with Gasteiger partial charge in [-0.05, 0) is 59.3 Å². The lowest BCUT2D eigenvalue weighted by Gasteiger charge is -2.44. The second-order valence-electron chi connectivity index (χ2n) is 10.5. The van der Waals surface area contributed by atoms with Crippen LogP contribution >= 0.6 is 0 Å². The van der Waals surface area contributed by atoms with E-state index in [0.29, 0.717) is 44.0 Å². The molecular formula is C26H35FN4O3. The Morgan fingerprint density at radius 2 is 1.97 bits per heavy atom. The molecule has 0 radical (unpaired) electrons. The fraction of sp³-hybridized carbons (Fsp3) is 0.615. The molecule has 1 aromatic carbocycles. The van der Waals surface area contributed by atoms with E-state index in [9.17, 15) is 9.18 Å². The van der Waals surface area contributed by atoms with E-state index in [0.717, 1.165) is 36.6 Å². The molecule has 2 fully saturated rings. The van der Waals surface area contributed by atoms with Gasteiger partial charge >= 0.3 is 6.09 Å². The molecule has 8 heteroatoms. The van der Waals surface area contributed by atoms with Gasteiger partial charge in [0.05, 0.1) is 18.0 Å². The van der Waals surface area contributed by atoms with Crippen LogP contribution in [0.4, 0.5) is 9.18 Å². The van der Waals surface area contributed by atoms with Gasteiger partial charge in [-0.2, -0.15) is 0 Å². The number of hydrogen-bond donors (Lipinski definition) is 0. The molecule has 3 aliphatic heterocycles. The molecular weight excluding hydrogens is 435 g/mol. The van der Waals surface area contributed by atoms with E-state index in [2.05, 4.69) is 37.4 Å². The van der Waals surface area contributed by atoms with E-state index in [-0.39, 0.29) is 23.2 Å². The molecule has 34 heavy (non-hydrogen) atoms. The van der Waals surface area contributed by atoms with Crippen LogP contribution in [0.1, 0.15) is 63.9 Å². The lowest BCUT2D eigenvalue weighted by atomic mass is 9.82. The minimum atomic E-state index is -0.728. The van der Waals surface area contributed by atoms with E-state index >= 15 is 0 Å². The lowest BCUT2D eigenvalue weighted by Crippen LogP contribution is -2.50. The predicted octanol–water partition coefficient (Wildman–Crippen LogP) is 4.65. The van der Waals surface area contributed by atoms with E-state index in [1.165, 1.54) is 6.07 Å². The summed E-state index contributed by atoms with van der Waals surface area (Å²) >= 11 is 0. The first-order chi connectivity index (χ1) is 16.2. The molecule has 4 heterocycles. The third-order valence-corrected chi connectivity index (χ3v) is 8.14. The second kappa shape index (κ2) is 8.26. The number of carbonyl (C=O) groups excluding carboxylic acids is 1. The fourth-order valence-corrected chi connectivity index (χ4v) is 5.97. The summed E-state index contributed by atoms with van der Waals surface area (Å²) in [5.41, 5.74) is 1.88. The molecule has 184 valence electrons. The van der Waals surface area contributed by atoms with Gasteiger partial charge < -0.3 is 23.8 Å². The molecule has 2 aromatic rings. The van der Waals surface area contributed by atoms with Crippen LogP contribution in [0.5, 0.6) is 5.75 Å². The summed E-state index contributed by atoms with van der Waals surface area (Å²) in [5, 5.41) is 0. The summed E-state index contributed by atoms with van der Waals surface area (Å²) in [6.07, 6.45) is 2.85. The zero-order chi connectivity index (χ0) is 24.3. The summed E-state index contributed by atoms with van der Waals surface area (Å²) in [7, 11) is 4.25. The first-order valence-electron chi connectivity index (χ1n) is 12.3. The van der Waals surface area contributed by atoms with Crippen LogP contribution in [0.15, 0.2) is 18.2 Å². The van der Waals surface area contributed by atoms with Crippen molar-refractivity contribution in [2.24, 2.45) is 7.05 Å². The van der Waals surface area contributed by atoms with Crippen molar-refractivity contribution in [1.82, 2.24) is 19.4 Å². The van der Waals surface area contributed by atoms with Gasteiger partial charge in [0.15, 0.2) is 17.2 Å². The molecule has 0 saturated carbocycles.